The summed E-state index contributed by atoms with van der Waals surface area (Å²) in [7, 11) is 0. The summed E-state index contributed by atoms with van der Waals surface area (Å²) < 4.78 is 37.8. The van der Waals surface area contributed by atoms with Crippen molar-refractivity contribution in [2.24, 2.45) is 0 Å². The van der Waals surface area contributed by atoms with Gasteiger partial charge in [0.1, 0.15) is 11.6 Å². The van der Waals surface area contributed by atoms with Crippen LogP contribution in [-0.4, -0.2) is 16.3 Å². The lowest BCUT2D eigenvalue weighted by Gasteiger charge is -2.12. The largest absolute Gasteiger partial charge is 0.483 e. The zero-order chi connectivity index (χ0) is 13.3. The average molecular weight is 341 g/mol. The molecule has 0 amide bonds. The molecule has 0 atom stereocenters. The van der Waals surface area contributed by atoms with Gasteiger partial charge in [-0.05, 0) is 18.2 Å². The Morgan fingerprint density at radius 3 is 2.61 bits per heavy atom. The molecular weight excluding hydrogens is 334 g/mol. The van der Waals surface area contributed by atoms with E-state index in [1.54, 1.807) is 12.1 Å². The first-order valence-electron chi connectivity index (χ1n) is 4.76. The Morgan fingerprint density at radius 2 is 2.00 bits per heavy atom. The first-order valence-corrected chi connectivity index (χ1v) is 6.09. The number of rotatable bonds is 2. The number of hydrogen-bond donors (Lipinski definition) is 1. The third-order valence-corrected chi connectivity index (χ3v) is 2.82. The molecule has 0 saturated heterocycles. The molecule has 96 valence electrons. The van der Waals surface area contributed by atoms with Crippen LogP contribution in [0.3, 0.4) is 0 Å². The standard InChI is InChI=1S/C10H6BrClF3N3/c11-5-1-2-6-7(3-5)16-8(4-12)17-9(6)18-10(13,14)15/h1-3H,4H2,(H,16,17,18). The number of hydrogen-bond acceptors (Lipinski definition) is 3. The van der Waals surface area contributed by atoms with Crippen LogP contribution < -0.4 is 5.32 Å². The molecule has 1 aromatic carbocycles. The van der Waals surface area contributed by atoms with Crippen LogP contribution >= 0.6 is 27.5 Å². The van der Waals surface area contributed by atoms with Gasteiger partial charge in [0.15, 0.2) is 0 Å². The molecule has 0 spiro atoms. The maximum atomic E-state index is 12.4. The van der Waals surface area contributed by atoms with E-state index in [9.17, 15) is 13.2 Å². The van der Waals surface area contributed by atoms with Crippen molar-refractivity contribution < 1.29 is 13.2 Å². The molecule has 0 fully saturated rings. The quantitative estimate of drug-likeness (QED) is 0.662. The monoisotopic (exact) mass is 339 g/mol. The summed E-state index contributed by atoms with van der Waals surface area (Å²) in [5.74, 6) is -0.223. The summed E-state index contributed by atoms with van der Waals surface area (Å²) in [5, 5.41) is 1.68. The van der Waals surface area contributed by atoms with Crippen LogP contribution in [0, 0.1) is 0 Å². The highest BCUT2D eigenvalue weighted by Crippen LogP contribution is 2.27. The van der Waals surface area contributed by atoms with Crippen molar-refractivity contribution in [3.05, 3.63) is 28.5 Å². The molecule has 1 heterocycles. The lowest BCUT2D eigenvalue weighted by molar-refractivity contribution is -0.100. The van der Waals surface area contributed by atoms with E-state index in [1.807, 2.05) is 0 Å². The van der Waals surface area contributed by atoms with E-state index >= 15 is 0 Å². The average Bonchev–Trinajstić information content (AvgIpc) is 2.25. The van der Waals surface area contributed by atoms with Crippen LogP contribution in [0.4, 0.5) is 19.0 Å². The van der Waals surface area contributed by atoms with Crippen LogP contribution in [0.25, 0.3) is 10.9 Å². The maximum absolute atomic E-state index is 12.4. The Bertz CT molecular complexity index is 588. The van der Waals surface area contributed by atoms with E-state index in [0.29, 0.717) is 9.99 Å². The second-order valence-corrected chi connectivity index (χ2v) is 4.59. The molecule has 0 aliphatic heterocycles. The van der Waals surface area contributed by atoms with Crippen molar-refractivity contribution in [1.82, 2.24) is 9.97 Å². The molecule has 18 heavy (non-hydrogen) atoms. The zero-order valence-corrected chi connectivity index (χ0v) is 11.1. The van der Waals surface area contributed by atoms with Crippen molar-refractivity contribution in [2.75, 3.05) is 5.32 Å². The number of nitrogens with one attached hydrogen (secondary N) is 1. The van der Waals surface area contributed by atoms with Gasteiger partial charge in [0, 0.05) is 9.86 Å². The summed E-state index contributed by atoms with van der Waals surface area (Å²) in [5.41, 5.74) is 0.391. The molecular formula is C10H6BrClF3N3. The lowest BCUT2D eigenvalue weighted by atomic mass is 10.2. The first kappa shape index (κ1) is 13.4. The molecule has 1 N–H and O–H groups in total. The fourth-order valence-corrected chi connectivity index (χ4v) is 1.91. The Balaban J connectivity index is 2.62. The van der Waals surface area contributed by atoms with Crippen molar-refractivity contribution in [2.45, 2.75) is 12.2 Å². The minimum absolute atomic E-state index is 0.0605. The number of fused-ring (bicyclic) bond motifs is 1. The number of anilines is 1. The molecule has 2 rings (SSSR count). The Hall–Kier alpha value is -1.08. The van der Waals surface area contributed by atoms with Gasteiger partial charge in [-0.2, -0.15) is 13.2 Å². The molecule has 0 aliphatic carbocycles. The molecule has 2 aromatic rings. The summed E-state index contributed by atoms with van der Waals surface area (Å²) in [6.07, 6.45) is -4.56. The fourth-order valence-electron chi connectivity index (χ4n) is 1.44. The normalized spacial score (nSPS) is 11.8. The van der Waals surface area contributed by atoms with Crippen LogP contribution in [0.2, 0.25) is 0 Å². The number of halogens is 5. The summed E-state index contributed by atoms with van der Waals surface area (Å²) in [4.78, 5) is 7.81. The first-order chi connectivity index (χ1) is 8.39. The van der Waals surface area contributed by atoms with Crippen LogP contribution in [-0.2, 0) is 5.88 Å². The summed E-state index contributed by atoms with van der Waals surface area (Å²) in [6.45, 7) is 0. The van der Waals surface area contributed by atoms with E-state index in [4.69, 9.17) is 11.6 Å². The molecule has 8 heteroatoms. The Labute approximate surface area is 113 Å². The number of aromatic nitrogens is 2. The van der Waals surface area contributed by atoms with E-state index in [2.05, 4.69) is 25.9 Å². The van der Waals surface area contributed by atoms with Gasteiger partial charge in [0.25, 0.3) is 0 Å². The predicted octanol–water partition coefficient (Wildman–Crippen LogP) is 4.06. The molecule has 3 nitrogen and oxygen atoms in total. The van der Waals surface area contributed by atoms with Gasteiger partial charge in [-0.15, -0.1) is 11.6 Å². The second-order valence-electron chi connectivity index (χ2n) is 3.41. The van der Waals surface area contributed by atoms with Crippen molar-refractivity contribution in [3.63, 3.8) is 0 Å². The van der Waals surface area contributed by atoms with Gasteiger partial charge in [-0.25, -0.2) is 9.97 Å². The van der Waals surface area contributed by atoms with E-state index in [-0.39, 0.29) is 22.9 Å². The third kappa shape index (κ3) is 3.02. The molecule has 0 aliphatic rings. The van der Waals surface area contributed by atoms with Crippen molar-refractivity contribution >= 4 is 44.3 Å². The summed E-state index contributed by atoms with van der Waals surface area (Å²) in [6, 6.07) is 4.73. The SMILES string of the molecule is FC(F)(F)Nc1nc(CCl)nc2cc(Br)ccc12. The molecule has 0 saturated carbocycles. The van der Waals surface area contributed by atoms with E-state index in [0.717, 1.165) is 0 Å². The van der Waals surface area contributed by atoms with Gasteiger partial charge in [0.05, 0.1) is 11.4 Å². The van der Waals surface area contributed by atoms with Crippen LogP contribution in [0.15, 0.2) is 22.7 Å². The summed E-state index contributed by atoms with van der Waals surface area (Å²) >= 11 is 8.79. The molecule has 0 radical (unpaired) electrons. The highest BCUT2D eigenvalue weighted by atomic mass is 79.9. The second kappa shape index (κ2) is 4.89. The smallest absolute Gasteiger partial charge is 0.281 e. The molecule has 0 bridgehead atoms. The Morgan fingerprint density at radius 1 is 1.28 bits per heavy atom. The van der Waals surface area contributed by atoms with E-state index in [1.165, 1.54) is 11.4 Å². The predicted molar refractivity (Wildman–Crippen MR) is 66.5 cm³/mol. The van der Waals surface area contributed by atoms with Gasteiger partial charge in [-0.3, -0.25) is 5.32 Å². The molecule has 0 unspecified atom stereocenters. The minimum atomic E-state index is -4.56. The van der Waals surface area contributed by atoms with E-state index < -0.39 is 6.30 Å². The fraction of sp³-hybridized carbons (Fsp3) is 0.200. The third-order valence-electron chi connectivity index (χ3n) is 2.08. The highest BCUT2D eigenvalue weighted by Gasteiger charge is 2.29. The topological polar surface area (TPSA) is 37.8 Å². The minimum Gasteiger partial charge on any atom is -0.281 e. The van der Waals surface area contributed by atoms with Crippen molar-refractivity contribution in [1.29, 1.82) is 0 Å². The zero-order valence-electron chi connectivity index (χ0n) is 8.72. The van der Waals surface area contributed by atoms with Crippen LogP contribution in [0.5, 0.6) is 0 Å². The Kier molecular flexibility index (Phi) is 3.63. The van der Waals surface area contributed by atoms with Crippen molar-refractivity contribution in [3.8, 4) is 0 Å². The van der Waals surface area contributed by atoms with Crippen LogP contribution in [0.1, 0.15) is 5.82 Å². The lowest BCUT2D eigenvalue weighted by Crippen LogP contribution is -2.22. The number of alkyl halides is 4. The molecule has 1 aromatic heterocycles. The maximum Gasteiger partial charge on any atom is 0.483 e. The van der Waals surface area contributed by atoms with Gasteiger partial charge in [-0.1, -0.05) is 15.9 Å². The number of benzene rings is 1. The number of nitrogens with zero attached hydrogens (tertiary/aromatic N) is 2. The van der Waals surface area contributed by atoms with Gasteiger partial charge >= 0.3 is 6.30 Å². The highest BCUT2D eigenvalue weighted by molar-refractivity contribution is 9.10. The van der Waals surface area contributed by atoms with Gasteiger partial charge in [0.2, 0.25) is 0 Å². The van der Waals surface area contributed by atoms with Gasteiger partial charge < -0.3 is 0 Å².